The smallest absolute Gasteiger partial charge is 0.202 e. The maximum absolute atomic E-state index is 13.2. The van der Waals surface area contributed by atoms with Gasteiger partial charge in [-0.05, 0) is 35.6 Å². The number of aliphatic imine (C=N–C) groups is 1. The van der Waals surface area contributed by atoms with Gasteiger partial charge in [0.2, 0.25) is 5.82 Å². The number of anilines is 1. The Morgan fingerprint density at radius 3 is 2.81 bits per heavy atom. The monoisotopic (exact) mass is 405 g/mol. The number of rotatable bonds is 8. The summed E-state index contributed by atoms with van der Waals surface area (Å²) in [6, 6.07) is 3.90. The SMILES string of the molecule is CCSNCCNc1nonc1C(=Nc1ccc(F)c(Cl)c1)NO.CN. The molecule has 2 rings (SSSR count). The highest BCUT2D eigenvalue weighted by Crippen LogP contribution is 2.22. The van der Waals surface area contributed by atoms with Gasteiger partial charge in [-0.2, -0.15) is 0 Å². The van der Waals surface area contributed by atoms with E-state index >= 15 is 0 Å². The van der Waals surface area contributed by atoms with E-state index in [1.165, 1.54) is 25.2 Å². The first-order valence-corrected chi connectivity index (χ1v) is 8.95. The zero-order valence-electron chi connectivity index (χ0n) is 14.3. The highest BCUT2D eigenvalue weighted by atomic mass is 35.5. The van der Waals surface area contributed by atoms with Gasteiger partial charge < -0.3 is 11.1 Å². The summed E-state index contributed by atoms with van der Waals surface area (Å²) in [6.45, 7) is 3.30. The van der Waals surface area contributed by atoms with E-state index in [4.69, 9.17) is 11.6 Å². The molecular formula is C14H21ClFN7O2S. The van der Waals surface area contributed by atoms with Crippen LogP contribution < -0.4 is 21.3 Å². The van der Waals surface area contributed by atoms with Crippen LogP contribution in [0.5, 0.6) is 0 Å². The van der Waals surface area contributed by atoms with Crippen molar-refractivity contribution in [1.29, 1.82) is 0 Å². The van der Waals surface area contributed by atoms with Crippen LogP contribution in [0, 0.1) is 5.82 Å². The standard InChI is InChI=1S/C13H16ClFN6O2S.CH5N/c1-2-24-17-6-5-16-12-11(20-23-21-12)13(19-22)18-8-3-4-10(15)9(14)7-8;1-2/h3-4,7,17,22H,2,5-6H2,1H3,(H,16,21)(H,18,19);2H2,1H3. The van der Waals surface area contributed by atoms with E-state index in [2.05, 4.69) is 35.7 Å². The molecule has 0 radical (unpaired) electrons. The van der Waals surface area contributed by atoms with Crippen molar-refractivity contribution in [2.75, 3.05) is 31.2 Å². The highest BCUT2D eigenvalue weighted by molar-refractivity contribution is 7.97. The lowest BCUT2D eigenvalue weighted by Crippen LogP contribution is -2.23. The van der Waals surface area contributed by atoms with Gasteiger partial charge in [0.25, 0.3) is 0 Å². The van der Waals surface area contributed by atoms with Crippen molar-refractivity contribution in [3.8, 4) is 0 Å². The summed E-state index contributed by atoms with van der Waals surface area (Å²) in [4.78, 5) is 4.12. The van der Waals surface area contributed by atoms with Crippen molar-refractivity contribution >= 4 is 40.9 Å². The molecule has 0 atom stereocenters. The number of aromatic nitrogens is 2. The number of hydroxylamine groups is 1. The Hall–Kier alpha value is -1.92. The maximum Gasteiger partial charge on any atom is 0.202 e. The van der Waals surface area contributed by atoms with Crippen molar-refractivity contribution in [3.63, 3.8) is 0 Å². The first kappa shape index (κ1) is 22.1. The molecule has 1 aromatic heterocycles. The molecular weight excluding hydrogens is 385 g/mol. The lowest BCUT2D eigenvalue weighted by molar-refractivity contribution is 0.234. The third-order valence-electron chi connectivity index (χ3n) is 2.73. The van der Waals surface area contributed by atoms with Gasteiger partial charge in [0.05, 0.1) is 10.7 Å². The molecule has 1 aromatic carbocycles. The van der Waals surface area contributed by atoms with Gasteiger partial charge in [0.1, 0.15) is 5.82 Å². The fourth-order valence-electron chi connectivity index (χ4n) is 1.68. The summed E-state index contributed by atoms with van der Waals surface area (Å²) in [5.74, 6) is 0.698. The van der Waals surface area contributed by atoms with Crippen LogP contribution in [0.4, 0.5) is 15.9 Å². The molecule has 0 amide bonds. The summed E-state index contributed by atoms with van der Waals surface area (Å²) >= 11 is 7.31. The number of hydrogen-bond acceptors (Lipinski definition) is 9. The molecule has 12 heteroatoms. The van der Waals surface area contributed by atoms with Crippen LogP contribution in [0.2, 0.25) is 5.02 Å². The molecule has 6 N–H and O–H groups in total. The van der Waals surface area contributed by atoms with Gasteiger partial charge in [0, 0.05) is 18.8 Å². The highest BCUT2D eigenvalue weighted by Gasteiger charge is 2.16. The van der Waals surface area contributed by atoms with E-state index in [1.54, 1.807) is 11.9 Å². The zero-order valence-corrected chi connectivity index (χ0v) is 15.9. The van der Waals surface area contributed by atoms with Gasteiger partial charge in [-0.3, -0.25) is 15.4 Å². The van der Waals surface area contributed by atoms with Gasteiger partial charge in [-0.25, -0.2) is 14.0 Å². The number of nitrogens with one attached hydrogen (secondary N) is 3. The van der Waals surface area contributed by atoms with Crippen molar-refractivity contribution in [1.82, 2.24) is 20.5 Å². The van der Waals surface area contributed by atoms with E-state index in [-0.39, 0.29) is 16.6 Å². The van der Waals surface area contributed by atoms with E-state index < -0.39 is 5.82 Å². The van der Waals surface area contributed by atoms with Crippen LogP contribution in [0.3, 0.4) is 0 Å². The molecule has 0 aliphatic carbocycles. The Balaban J connectivity index is 0.00000163. The van der Waals surface area contributed by atoms with Crippen LogP contribution >= 0.6 is 23.5 Å². The second-order valence-electron chi connectivity index (χ2n) is 4.39. The Morgan fingerprint density at radius 2 is 2.15 bits per heavy atom. The normalized spacial score (nSPS) is 10.9. The molecule has 2 aromatic rings. The quantitative estimate of drug-likeness (QED) is 0.147. The Kier molecular flexibility index (Phi) is 10.6. The average Bonchev–Trinajstić information content (AvgIpc) is 3.12. The van der Waals surface area contributed by atoms with Crippen LogP contribution in [0.1, 0.15) is 12.6 Å². The van der Waals surface area contributed by atoms with Crippen LogP contribution in [0.15, 0.2) is 27.8 Å². The molecule has 0 aliphatic heterocycles. The van der Waals surface area contributed by atoms with Crippen molar-refractivity contribution in [3.05, 3.63) is 34.7 Å². The summed E-state index contributed by atoms with van der Waals surface area (Å²) in [7, 11) is 1.50. The third-order valence-corrected chi connectivity index (χ3v) is 3.72. The molecule has 0 fully saturated rings. The lowest BCUT2D eigenvalue weighted by atomic mass is 10.3. The minimum Gasteiger partial charge on any atom is -0.364 e. The van der Waals surface area contributed by atoms with E-state index in [0.717, 1.165) is 5.75 Å². The van der Waals surface area contributed by atoms with E-state index in [9.17, 15) is 9.60 Å². The van der Waals surface area contributed by atoms with E-state index in [0.29, 0.717) is 24.6 Å². The Morgan fingerprint density at radius 1 is 1.38 bits per heavy atom. The number of amidine groups is 1. The second kappa shape index (κ2) is 12.4. The minimum absolute atomic E-state index is 0.0164. The molecule has 1 heterocycles. The molecule has 0 saturated heterocycles. The molecule has 0 spiro atoms. The van der Waals surface area contributed by atoms with Crippen molar-refractivity contribution < 1.29 is 14.2 Å². The summed E-state index contributed by atoms with van der Waals surface area (Å²) in [6.07, 6.45) is 0. The van der Waals surface area contributed by atoms with Crippen molar-refractivity contribution in [2.24, 2.45) is 10.7 Å². The summed E-state index contributed by atoms with van der Waals surface area (Å²) in [5, 5.41) is 19.7. The number of nitrogens with zero attached hydrogens (tertiary/aromatic N) is 3. The average molecular weight is 406 g/mol. The first-order valence-electron chi connectivity index (χ1n) is 7.58. The third kappa shape index (κ3) is 6.77. The fraction of sp³-hybridized carbons (Fsp3) is 0.357. The fourth-order valence-corrected chi connectivity index (χ4v) is 2.31. The summed E-state index contributed by atoms with van der Waals surface area (Å²) in [5.41, 5.74) is 6.94. The number of nitrogens with two attached hydrogens (primary N) is 1. The van der Waals surface area contributed by atoms with Gasteiger partial charge >= 0.3 is 0 Å². The predicted molar refractivity (Wildman–Crippen MR) is 102 cm³/mol. The zero-order chi connectivity index (χ0) is 19.4. The molecule has 0 aliphatic rings. The number of benzene rings is 1. The molecule has 0 bridgehead atoms. The van der Waals surface area contributed by atoms with Gasteiger partial charge in [-0.15, -0.1) is 0 Å². The minimum atomic E-state index is -0.558. The molecule has 144 valence electrons. The van der Waals surface area contributed by atoms with Crippen LogP contribution in [-0.2, 0) is 0 Å². The molecule has 0 saturated carbocycles. The maximum atomic E-state index is 13.2. The predicted octanol–water partition coefficient (Wildman–Crippen LogP) is 2.16. The van der Waals surface area contributed by atoms with E-state index in [1.807, 2.05) is 12.4 Å². The Bertz CT molecular complexity index is 702. The Labute approximate surface area is 159 Å². The first-order chi connectivity index (χ1) is 12.7. The van der Waals surface area contributed by atoms with Crippen LogP contribution in [-0.4, -0.2) is 47.2 Å². The van der Waals surface area contributed by atoms with Crippen LogP contribution in [0.25, 0.3) is 0 Å². The number of hydrogen-bond donors (Lipinski definition) is 5. The van der Waals surface area contributed by atoms with Gasteiger partial charge in [-0.1, -0.05) is 30.5 Å². The van der Waals surface area contributed by atoms with Gasteiger partial charge in [0.15, 0.2) is 11.5 Å². The largest absolute Gasteiger partial charge is 0.364 e. The second-order valence-corrected chi connectivity index (χ2v) is 5.95. The topological polar surface area (TPSA) is 134 Å². The molecule has 0 unspecified atom stereocenters. The van der Waals surface area contributed by atoms with Crippen molar-refractivity contribution in [2.45, 2.75) is 6.92 Å². The molecule has 26 heavy (non-hydrogen) atoms. The summed E-state index contributed by atoms with van der Waals surface area (Å²) < 4.78 is 21.0. The molecule has 9 nitrogen and oxygen atoms in total. The lowest BCUT2D eigenvalue weighted by Gasteiger charge is -2.06. The number of halogens is 2.